The molecule has 9 heteroatoms. The molecular weight excluding hydrogens is 438 g/mol. The monoisotopic (exact) mass is 473 g/mol. The van der Waals surface area contributed by atoms with Gasteiger partial charge in [0, 0.05) is 39.3 Å². The van der Waals surface area contributed by atoms with Crippen LogP contribution in [0.5, 0.6) is 5.75 Å². The third-order valence-electron chi connectivity index (χ3n) is 6.95. The summed E-state index contributed by atoms with van der Waals surface area (Å²) >= 11 is 0. The van der Waals surface area contributed by atoms with Crippen LogP contribution in [0.15, 0.2) is 17.8 Å². The molecule has 1 fully saturated rings. The number of hydrogen-bond donors (Lipinski definition) is 2. The molecule has 2 atom stereocenters. The van der Waals surface area contributed by atoms with Gasteiger partial charge in [-0.3, -0.25) is 4.90 Å². The van der Waals surface area contributed by atoms with E-state index in [0.717, 1.165) is 55.8 Å². The van der Waals surface area contributed by atoms with E-state index in [1.54, 1.807) is 4.90 Å². The third-order valence-corrected chi connectivity index (χ3v) is 6.95. The summed E-state index contributed by atoms with van der Waals surface area (Å²) in [5.41, 5.74) is 4.50. The molecule has 0 spiro atoms. The van der Waals surface area contributed by atoms with Crippen molar-refractivity contribution in [1.82, 2.24) is 9.80 Å². The molecule has 0 aliphatic carbocycles. The van der Waals surface area contributed by atoms with E-state index in [4.69, 9.17) is 14.6 Å². The van der Waals surface area contributed by atoms with Gasteiger partial charge in [0.2, 0.25) is 0 Å². The van der Waals surface area contributed by atoms with Crippen molar-refractivity contribution in [2.75, 3.05) is 57.3 Å². The lowest BCUT2D eigenvalue weighted by atomic mass is 9.94. The van der Waals surface area contributed by atoms with Gasteiger partial charge in [-0.05, 0) is 56.4 Å². The summed E-state index contributed by atoms with van der Waals surface area (Å²) < 4.78 is 11.9. The van der Waals surface area contributed by atoms with Crippen molar-refractivity contribution >= 4 is 17.6 Å². The van der Waals surface area contributed by atoms with Crippen molar-refractivity contribution in [2.24, 2.45) is 0 Å². The van der Waals surface area contributed by atoms with Gasteiger partial charge in [0.05, 0.1) is 30.5 Å². The molecule has 2 N–H and O–H groups in total. The van der Waals surface area contributed by atoms with Gasteiger partial charge in [-0.1, -0.05) is 0 Å². The van der Waals surface area contributed by atoms with Crippen molar-refractivity contribution in [3.05, 3.63) is 34.5 Å². The number of morpholine rings is 1. The smallest absolute Gasteiger partial charge is 0.352 e. The number of fused-ring (bicyclic) bond motifs is 2. The second-order valence-corrected chi connectivity index (χ2v) is 9.50. The number of rotatable bonds is 6. The van der Waals surface area contributed by atoms with Gasteiger partial charge >= 0.3 is 11.9 Å². The lowest BCUT2D eigenvalue weighted by Crippen LogP contribution is -2.48. The number of benzene rings is 1. The van der Waals surface area contributed by atoms with Crippen LogP contribution in [0.1, 0.15) is 30.5 Å². The number of nitrogens with zero attached hydrogens (tertiary/aromatic N) is 3. The zero-order chi connectivity index (χ0) is 24.4. The predicted molar refractivity (Wildman–Crippen MR) is 128 cm³/mol. The molecule has 0 amide bonds. The lowest BCUT2D eigenvalue weighted by molar-refractivity contribution is -0.136. The Hall–Kier alpha value is -2.78. The van der Waals surface area contributed by atoms with Gasteiger partial charge in [0.1, 0.15) is 18.1 Å². The number of carboxylic acids is 2. The van der Waals surface area contributed by atoms with Gasteiger partial charge in [-0.15, -0.1) is 0 Å². The molecule has 0 aromatic heterocycles. The minimum Gasteiger partial charge on any atom is -0.490 e. The molecule has 1 saturated heterocycles. The molecule has 0 saturated carbocycles. The maximum absolute atomic E-state index is 11.7. The Bertz CT molecular complexity index is 968. The fourth-order valence-electron chi connectivity index (χ4n) is 5.55. The highest BCUT2D eigenvalue weighted by atomic mass is 16.5. The molecule has 0 radical (unpaired) electrons. The summed E-state index contributed by atoms with van der Waals surface area (Å²) in [6, 6.07) is 2.10. The van der Waals surface area contributed by atoms with Crippen molar-refractivity contribution in [1.29, 1.82) is 0 Å². The Balaban J connectivity index is 1.53. The molecule has 0 bridgehead atoms. The van der Waals surface area contributed by atoms with Crippen LogP contribution < -0.4 is 9.64 Å². The van der Waals surface area contributed by atoms with Gasteiger partial charge in [-0.2, -0.15) is 0 Å². The highest BCUT2D eigenvalue weighted by Crippen LogP contribution is 2.40. The van der Waals surface area contributed by atoms with Crippen LogP contribution in [0.25, 0.3) is 0 Å². The standard InChI is InChI=1S/C25H35N3O6/c1-16-14-26(15-17(2)34-16)8-9-28-10-11-33-22-12-19-4-6-27(21(25(31)32)13-23(29)30)7-5-20(19)18(3)24(22)28/h12-13,16-17H,4-11,14-15H2,1-3H3,(H,29,30)(H,31,32)/b21-13-/t16-,17+. The fourth-order valence-corrected chi connectivity index (χ4v) is 5.55. The zero-order valence-electron chi connectivity index (χ0n) is 20.2. The Kier molecular flexibility index (Phi) is 7.33. The SMILES string of the molecule is Cc1c2c(cc3c1N(CCN1C[C@@H](C)O[C@@H](C)C1)CCO3)CCN(/C(=C\C(=O)O)C(=O)O)CC2. The van der Waals surface area contributed by atoms with Crippen LogP contribution in [-0.2, 0) is 27.2 Å². The molecule has 1 aromatic rings. The van der Waals surface area contributed by atoms with Gasteiger partial charge < -0.3 is 29.5 Å². The summed E-state index contributed by atoms with van der Waals surface area (Å²) in [6.07, 6.45) is 2.57. The number of carbonyl (C=O) groups is 2. The van der Waals surface area contributed by atoms with Crippen molar-refractivity contribution in [3.8, 4) is 5.75 Å². The second-order valence-electron chi connectivity index (χ2n) is 9.50. The van der Waals surface area contributed by atoms with E-state index < -0.39 is 11.9 Å². The van der Waals surface area contributed by atoms with E-state index in [2.05, 4.69) is 36.6 Å². The molecule has 4 rings (SSSR count). The minimum absolute atomic E-state index is 0.172. The normalized spacial score (nSPS) is 23.6. The molecule has 186 valence electrons. The van der Waals surface area contributed by atoms with E-state index in [1.807, 2.05) is 0 Å². The maximum Gasteiger partial charge on any atom is 0.352 e. The number of hydrogen-bond acceptors (Lipinski definition) is 7. The molecule has 3 aliphatic rings. The Morgan fingerprint density at radius 2 is 1.79 bits per heavy atom. The summed E-state index contributed by atoms with van der Waals surface area (Å²) in [5, 5.41) is 18.6. The third kappa shape index (κ3) is 5.31. The van der Waals surface area contributed by atoms with Crippen LogP contribution in [0, 0.1) is 6.92 Å². The number of anilines is 1. The summed E-state index contributed by atoms with van der Waals surface area (Å²) in [6.45, 7) is 12.5. The van der Waals surface area contributed by atoms with Gasteiger partial charge in [-0.25, -0.2) is 9.59 Å². The molecule has 34 heavy (non-hydrogen) atoms. The van der Waals surface area contributed by atoms with E-state index in [9.17, 15) is 14.7 Å². The highest BCUT2D eigenvalue weighted by molar-refractivity contribution is 5.94. The summed E-state index contributed by atoms with van der Waals surface area (Å²) in [7, 11) is 0. The quantitative estimate of drug-likeness (QED) is 0.598. The van der Waals surface area contributed by atoms with E-state index in [0.29, 0.717) is 32.5 Å². The van der Waals surface area contributed by atoms with Crippen LogP contribution in [0.4, 0.5) is 5.69 Å². The number of carboxylic acid groups (broad SMARTS) is 2. The lowest BCUT2D eigenvalue weighted by Gasteiger charge is -2.38. The topological polar surface area (TPSA) is 103 Å². The number of aliphatic carboxylic acids is 2. The first kappa shape index (κ1) is 24.3. The first-order chi connectivity index (χ1) is 16.2. The Labute approximate surface area is 200 Å². The van der Waals surface area contributed by atoms with E-state index >= 15 is 0 Å². The number of ether oxygens (including phenoxy) is 2. The minimum atomic E-state index is -1.25. The van der Waals surface area contributed by atoms with Crippen LogP contribution in [0.2, 0.25) is 0 Å². The average molecular weight is 474 g/mol. The van der Waals surface area contributed by atoms with E-state index in [1.165, 1.54) is 11.1 Å². The van der Waals surface area contributed by atoms with Gasteiger partial charge in [0.15, 0.2) is 0 Å². The average Bonchev–Trinajstić information content (AvgIpc) is 2.98. The molecule has 3 aliphatic heterocycles. The first-order valence-corrected chi connectivity index (χ1v) is 12.1. The van der Waals surface area contributed by atoms with Crippen molar-refractivity contribution < 1.29 is 29.3 Å². The molecule has 1 aromatic carbocycles. The first-order valence-electron chi connectivity index (χ1n) is 12.1. The Morgan fingerprint density at radius 3 is 2.47 bits per heavy atom. The summed E-state index contributed by atoms with van der Waals surface area (Å²) in [5.74, 6) is -1.58. The largest absolute Gasteiger partial charge is 0.490 e. The second kappa shape index (κ2) is 10.2. The Morgan fingerprint density at radius 1 is 1.09 bits per heavy atom. The fraction of sp³-hybridized carbons (Fsp3) is 0.600. The van der Waals surface area contributed by atoms with Gasteiger partial charge in [0.25, 0.3) is 0 Å². The van der Waals surface area contributed by atoms with Crippen LogP contribution in [0.3, 0.4) is 0 Å². The molecule has 3 heterocycles. The van der Waals surface area contributed by atoms with Crippen molar-refractivity contribution in [2.45, 2.75) is 45.8 Å². The van der Waals surface area contributed by atoms with E-state index in [-0.39, 0.29) is 17.9 Å². The zero-order valence-corrected chi connectivity index (χ0v) is 20.2. The van der Waals surface area contributed by atoms with Crippen LogP contribution >= 0.6 is 0 Å². The van der Waals surface area contributed by atoms with Crippen molar-refractivity contribution in [3.63, 3.8) is 0 Å². The molecular formula is C25H35N3O6. The summed E-state index contributed by atoms with van der Waals surface area (Å²) in [4.78, 5) is 29.3. The maximum atomic E-state index is 11.7. The molecule has 9 nitrogen and oxygen atoms in total. The predicted octanol–water partition coefficient (Wildman–Crippen LogP) is 1.76. The highest BCUT2D eigenvalue weighted by Gasteiger charge is 2.29. The van der Waals surface area contributed by atoms with Crippen LogP contribution in [-0.4, -0.2) is 96.6 Å². The molecule has 0 unspecified atom stereocenters.